The molecular weight excluding hydrogens is 168 g/mol. The first-order valence-electron chi connectivity index (χ1n) is 2.58. The summed E-state index contributed by atoms with van der Waals surface area (Å²) in [6, 6.07) is 0. The molecule has 0 bridgehead atoms. The summed E-state index contributed by atoms with van der Waals surface area (Å²) >= 11 is 1.00. The number of Topliss-reactive ketones (excluding diaryl/α,β-unsaturated/α-hetero) is 1. The van der Waals surface area contributed by atoms with Gasteiger partial charge in [0, 0.05) is 5.38 Å². The predicted octanol–water partition coefficient (Wildman–Crippen LogP) is -1.34. The fourth-order valence-corrected chi connectivity index (χ4v) is 1.04. The molecule has 0 amide bonds. The Morgan fingerprint density at radius 2 is 2.27 bits per heavy atom. The molecule has 0 aliphatic rings. The molecule has 2 N–H and O–H groups in total. The van der Waals surface area contributed by atoms with Crippen molar-refractivity contribution < 1.29 is 14.7 Å². The van der Waals surface area contributed by atoms with E-state index in [-0.39, 0.29) is 10.8 Å². The summed E-state index contributed by atoms with van der Waals surface area (Å²) in [5.41, 5.74) is 4.98. The van der Waals surface area contributed by atoms with Gasteiger partial charge in [-0.2, -0.15) is 0 Å². The second-order valence-electron chi connectivity index (χ2n) is 1.69. The minimum atomic E-state index is -1.77. The average Bonchev–Trinajstić information content (AvgIpc) is 2.34. The lowest BCUT2D eigenvalue weighted by Crippen LogP contribution is -2.31. The van der Waals surface area contributed by atoms with Crippen LogP contribution in [0.2, 0.25) is 0 Å². The highest BCUT2D eigenvalue weighted by molar-refractivity contribution is 7.13. The number of rotatable bonds is 2. The number of carbonyl (C=O) groups excluding carboxylic acids is 2. The number of hydrogen-bond donors (Lipinski definition) is 1. The molecule has 0 aliphatic heterocycles. The summed E-state index contributed by atoms with van der Waals surface area (Å²) in [6.45, 7) is 0. The molecule has 1 aromatic heterocycles. The number of anilines is 1. The van der Waals surface area contributed by atoms with E-state index in [1.165, 1.54) is 5.38 Å². The van der Waals surface area contributed by atoms with E-state index in [0.717, 1.165) is 11.3 Å². The van der Waals surface area contributed by atoms with Crippen LogP contribution in [0.1, 0.15) is 10.5 Å². The molecule has 0 saturated carbocycles. The molecule has 6 heteroatoms. The van der Waals surface area contributed by atoms with E-state index in [2.05, 4.69) is 4.98 Å². The molecule has 0 spiro atoms. The first kappa shape index (κ1) is 7.67. The van der Waals surface area contributed by atoms with Crippen molar-refractivity contribution in [2.75, 3.05) is 5.73 Å². The maximum absolute atomic E-state index is 10.6. The number of ketones is 1. The van der Waals surface area contributed by atoms with Gasteiger partial charge in [-0.3, -0.25) is 4.79 Å². The third-order valence-corrected chi connectivity index (χ3v) is 1.61. The number of nitrogens with two attached hydrogens (primary N) is 1. The minimum absolute atomic E-state index is 0.162. The molecule has 0 aliphatic carbocycles. The highest BCUT2D eigenvalue weighted by atomic mass is 32.1. The Kier molecular flexibility index (Phi) is 1.86. The molecule has 0 fully saturated rings. The van der Waals surface area contributed by atoms with Crippen molar-refractivity contribution in [1.29, 1.82) is 0 Å². The second-order valence-corrected chi connectivity index (χ2v) is 2.58. The summed E-state index contributed by atoms with van der Waals surface area (Å²) < 4.78 is 0. The Labute approximate surface area is 65.5 Å². The highest BCUT2D eigenvalue weighted by Crippen LogP contribution is 2.10. The first-order valence-corrected chi connectivity index (χ1v) is 3.46. The Morgan fingerprint density at radius 3 is 2.64 bits per heavy atom. The second kappa shape index (κ2) is 2.67. The van der Waals surface area contributed by atoms with E-state index >= 15 is 0 Å². The van der Waals surface area contributed by atoms with E-state index in [9.17, 15) is 14.7 Å². The summed E-state index contributed by atoms with van der Waals surface area (Å²) in [5, 5.41) is 11.4. The lowest BCUT2D eigenvalue weighted by atomic mass is 10.3. The summed E-state index contributed by atoms with van der Waals surface area (Å²) in [6.07, 6.45) is 0. The topological polar surface area (TPSA) is 96.1 Å². The van der Waals surface area contributed by atoms with Crippen LogP contribution >= 0.6 is 11.3 Å². The predicted molar refractivity (Wildman–Crippen MR) is 35.9 cm³/mol. The molecule has 0 aromatic carbocycles. The van der Waals surface area contributed by atoms with Gasteiger partial charge in [-0.05, 0) is 0 Å². The van der Waals surface area contributed by atoms with Crippen LogP contribution in [0.15, 0.2) is 5.38 Å². The van der Waals surface area contributed by atoms with Crippen LogP contribution in [-0.4, -0.2) is 16.7 Å². The number of aromatic nitrogens is 1. The van der Waals surface area contributed by atoms with E-state index in [1.807, 2.05) is 0 Å². The molecule has 11 heavy (non-hydrogen) atoms. The van der Waals surface area contributed by atoms with Crippen molar-refractivity contribution >= 4 is 28.2 Å². The molecule has 0 atom stereocenters. The lowest BCUT2D eigenvalue weighted by molar-refractivity contribution is -0.296. The maximum atomic E-state index is 10.6. The first-order chi connectivity index (χ1) is 5.11. The van der Waals surface area contributed by atoms with Crippen molar-refractivity contribution in [3.8, 4) is 0 Å². The van der Waals surface area contributed by atoms with Crippen molar-refractivity contribution in [1.82, 2.24) is 4.98 Å². The van der Waals surface area contributed by atoms with Crippen molar-refractivity contribution in [2.24, 2.45) is 0 Å². The standard InChI is InChI=1S/C5H4N2O3S/c6-5-7-2(1-11-5)3(8)4(9)10/h1H,(H2,6,7)(H,9,10)/p-1. The van der Waals surface area contributed by atoms with Gasteiger partial charge in [0.15, 0.2) is 5.13 Å². The molecule has 1 aromatic rings. The van der Waals surface area contributed by atoms with Gasteiger partial charge in [0.25, 0.3) is 0 Å². The van der Waals surface area contributed by atoms with Crippen molar-refractivity contribution in [2.45, 2.75) is 0 Å². The average molecular weight is 171 g/mol. The molecule has 0 radical (unpaired) electrons. The Hall–Kier alpha value is -1.43. The van der Waals surface area contributed by atoms with Gasteiger partial charge in [0.05, 0.1) is 0 Å². The smallest absolute Gasteiger partial charge is 0.227 e. The third-order valence-electron chi connectivity index (χ3n) is 0.940. The Morgan fingerprint density at radius 1 is 1.64 bits per heavy atom. The molecule has 0 saturated heterocycles. The quantitative estimate of drug-likeness (QED) is 0.438. The number of nitrogen functional groups attached to an aromatic ring is 1. The van der Waals surface area contributed by atoms with E-state index in [1.54, 1.807) is 0 Å². The monoisotopic (exact) mass is 171 g/mol. The fraction of sp³-hybridized carbons (Fsp3) is 0. The summed E-state index contributed by atoms with van der Waals surface area (Å²) in [4.78, 5) is 24.0. The summed E-state index contributed by atoms with van der Waals surface area (Å²) in [7, 11) is 0. The maximum Gasteiger partial charge on any atom is 0.227 e. The largest absolute Gasteiger partial charge is 0.541 e. The van der Waals surface area contributed by atoms with E-state index in [0.29, 0.717) is 0 Å². The number of thiazole rings is 1. The third kappa shape index (κ3) is 1.53. The number of hydrogen-bond acceptors (Lipinski definition) is 6. The van der Waals surface area contributed by atoms with Gasteiger partial charge in [-0.25, -0.2) is 4.98 Å². The number of carboxylic acid groups (broad SMARTS) is 1. The van der Waals surface area contributed by atoms with Crippen LogP contribution in [-0.2, 0) is 4.79 Å². The van der Waals surface area contributed by atoms with Crippen LogP contribution in [0.25, 0.3) is 0 Å². The van der Waals surface area contributed by atoms with Crippen molar-refractivity contribution in [3.63, 3.8) is 0 Å². The van der Waals surface area contributed by atoms with Crippen LogP contribution in [0.3, 0.4) is 0 Å². The number of aliphatic carboxylic acids is 1. The highest BCUT2D eigenvalue weighted by Gasteiger charge is 2.09. The molecular formula is C5H3N2O3S-. The van der Waals surface area contributed by atoms with Crippen LogP contribution < -0.4 is 10.8 Å². The zero-order valence-corrected chi connectivity index (χ0v) is 6.05. The normalized spacial score (nSPS) is 9.45. The van der Waals surface area contributed by atoms with Gasteiger partial charge in [0.2, 0.25) is 5.78 Å². The van der Waals surface area contributed by atoms with Gasteiger partial charge < -0.3 is 15.6 Å². The Balaban J connectivity index is 2.94. The van der Waals surface area contributed by atoms with Gasteiger partial charge in [-0.15, -0.1) is 11.3 Å². The molecule has 58 valence electrons. The number of carbonyl (C=O) groups is 2. The Bertz CT molecular complexity index is 306. The molecule has 1 heterocycles. The van der Waals surface area contributed by atoms with Gasteiger partial charge in [0.1, 0.15) is 11.7 Å². The van der Waals surface area contributed by atoms with E-state index in [4.69, 9.17) is 5.73 Å². The molecule has 0 unspecified atom stereocenters. The SMILES string of the molecule is Nc1nc(C(=O)C(=O)[O-])cs1. The summed E-state index contributed by atoms with van der Waals surface area (Å²) in [5.74, 6) is -2.91. The zero-order chi connectivity index (χ0) is 8.43. The van der Waals surface area contributed by atoms with Crippen LogP contribution in [0, 0.1) is 0 Å². The van der Waals surface area contributed by atoms with Crippen LogP contribution in [0.4, 0.5) is 5.13 Å². The zero-order valence-electron chi connectivity index (χ0n) is 5.23. The van der Waals surface area contributed by atoms with Gasteiger partial charge in [-0.1, -0.05) is 0 Å². The fourth-order valence-electron chi connectivity index (χ4n) is 0.496. The number of carboxylic acids is 1. The van der Waals surface area contributed by atoms with Crippen molar-refractivity contribution in [3.05, 3.63) is 11.1 Å². The van der Waals surface area contributed by atoms with E-state index < -0.39 is 11.8 Å². The minimum Gasteiger partial charge on any atom is -0.541 e. The van der Waals surface area contributed by atoms with Gasteiger partial charge >= 0.3 is 0 Å². The lowest BCUT2D eigenvalue weighted by Gasteiger charge is -1.94. The number of nitrogens with zero attached hydrogens (tertiary/aromatic N) is 1. The molecule has 1 rings (SSSR count). The van der Waals surface area contributed by atoms with Crippen LogP contribution in [0.5, 0.6) is 0 Å². The molecule has 5 nitrogen and oxygen atoms in total.